The minimum atomic E-state index is 0.0277. The van der Waals surface area contributed by atoms with Crippen molar-refractivity contribution in [3.63, 3.8) is 0 Å². The molecule has 4 heteroatoms. The van der Waals surface area contributed by atoms with Gasteiger partial charge in [0, 0.05) is 32.7 Å². The molecule has 0 saturated heterocycles. The van der Waals surface area contributed by atoms with Gasteiger partial charge in [0.05, 0.1) is 6.54 Å². The first kappa shape index (κ1) is 13.2. The molecule has 0 fully saturated rings. The van der Waals surface area contributed by atoms with E-state index >= 15 is 0 Å². The van der Waals surface area contributed by atoms with Crippen LogP contribution < -0.4 is 0 Å². The number of fused-ring (bicyclic) bond motifs is 1. The molecular formula is C16H11Cl2NO. The Morgan fingerprint density at radius 2 is 1.80 bits per heavy atom. The lowest BCUT2D eigenvalue weighted by Crippen LogP contribution is -2.09. The normalized spacial score (nSPS) is 10.9. The van der Waals surface area contributed by atoms with Crippen LogP contribution in [0.3, 0.4) is 0 Å². The van der Waals surface area contributed by atoms with E-state index in [4.69, 9.17) is 23.2 Å². The molecule has 0 unspecified atom stereocenters. The summed E-state index contributed by atoms with van der Waals surface area (Å²) in [6, 6.07) is 14.6. The number of ketones is 1. The average molecular weight is 304 g/mol. The number of carbonyl (C=O) groups excluding carboxylic acids is 1. The van der Waals surface area contributed by atoms with Gasteiger partial charge in [0.25, 0.3) is 0 Å². The van der Waals surface area contributed by atoms with E-state index in [0.717, 1.165) is 10.9 Å². The molecule has 0 amide bonds. The van der Waals surface area contributed by atoms with Crippen molar-refractivity contribution in [1.82, 2.24) is 4.57 Å². The van der Waals surface area contributed by atoms with E-state index < -0.39 is 0 Å². The molecule has 0 aliphatic carbocycles. The Morgan fingerprint density at radius 3 is 2.60 bits per heavy atom. The third kappa shape index (κ3) is 2.58. The van der Waals surface area contributed by atoms with Crippen molar-refractivity contribution >= 4 is 39.9 Å². The molecule has 0 spiro atoms. The number of nitrogens with zero attached hydrogens (tertiary/aromatic N) is 1. The van der Waals surface area contributed by atoms with Crippen LogP contribution in [0.15, 0.2) is 54.7 Å². The molecule has 0 saturated carbocycles. The zero-order valence-corrected chi connectivity index (χ0v) is 12.0. The second-order valence-electron chi connectivity index (χ2n) is 4.58. The summed E-state index contributed by atoms with van der Waals surface area (Å²) < 4.78 is 1.91. The van der Waals surface area contributed by atoms with Crippen LogP contribution in [0.2, 0.25) is 10.0 Å². The molecule has 0 bridgehead atoms. The van der Waals surface area contributed by atoms with Crippen LogP contribution in [0.5, 0.6) is 0 Å². The lowest BCUT2D eigenvalue weighted by molar-refractivity contribution is 0.0973. The highest BCUT2D eigenvalue weighted by Gasteiger charge is 2.09. The predicted octanol–water partition coefficient (Wildman–Crippen LogP) is 4.83. The van der Waals surface area contributed by atoms with E-state index in [0.29, 0.717) is 15.6 Å². The van der Waals surface area contributed by atoms with E-state index in [2.05, 4.69) is 0 Å². The highest BCUT2D eigenvalue weighted by molar-refractivity contribution is 6.31. The van der Waals surface area contributed by atoms with Gasteiger partial charge in [0.1, 0.15) is 0 Å². The first-order chi connectivity index (χ1) is 9.63. The van der Waals surface area contributed by atoms with Crippen molar-refractivity contribution in [2.75, 3.05) is 0 Å². The van der Waals surface area contributed by atoms with Crippen molar-refractivity contribution in [3.8, 4) is 0 Å². The van der Waals surface area contributed by atoms with Crippen LogP contribution in [-0.2, 0) is 6.54 Å². The number of hydrogen-bond donors (Lipinski definition) is 0. The molecule has 1 aromatic heterocycles. The monoisotopic (exact) mass is 303 g/mol. The number of rotatable bonds is 3. The summed E-state index contributed by atoms with van der Waals surface area (Å²) in [6.07, 6.45) is 1.89. The highest BCUT2D eigenvalue weighted by atomic mass is 35.5. The van der Waals surface area contributed by atoms with Gasteiger partial charge < -0.3 is 4.57 Å². The van der Waals surface area contributed by atoms with Crippen molar-refractivity contribution in [1.29, 1.82) is 0 Å². The Hall–Kier alpha value is -1.77. The fraction of sp³-hybridized carbons (Fsp3) is 0.0625. The predicted molar refractivity (Wildman–Crippen MR) is 82.7 cm³/mol. The van der Waals surface area contributed by atoms with Crippen LogP contribution in [0.1, 0.15) is 10.4 Å². The lowest BCUT2D eigenvalue weighted by Gasteiger charge is -2.05. The molecule has 100 valence electrons. The zero-order chi connectivity index (χ0) is 14.1. The molecule has 2 aromatic carbocycles. The maximum absolute atomic E-state index is 12.3. The Bertz CT molecular complexity index is 792. The molecule has 0 radical (unpaired) electrons. The first-order valence-corrected chi connectivity index (χ1v) is 6.92. The second kappa shape index (κ2) is 5.31. The van der Waals surface area contributed by atoms with E-state index in [1.807, 2.05) is 35.0 Å². The van der Waals surface area contributed by atoms with Crippen LogP contribution >= 0.6 is 23.2 Å². The van der Waals surface area contributed by atoms with Crippen LogP contribution in [0.25, 0.3) is 10.9 Å². The van der Waals surface area contributed by atoms with Crippen LogP contribution in [0.4, 0.5) is 0 Å². The Kier molecular flexibility index (Phi) is 3.51. The minimum Gasteiger partial charge on any atom is -0.340 e. The molecular weight excluding hydrogens is 293 g/mol. The summed E-state index contributed by atoms with van der Waals surface area (Å²) in [6.45, 7) is 0.283. The molecule has 20 heavy (non-hydrogen) atoms. The van der Waals surface area contributed by atoms with Gasteiger partial charge in [-0.25, -0.2) is 0 Å². The molecule has 0 aliphatic heterocycles. The average Bonchev–Trinajstić information content (AvgIpc) is 2.81. The molecule has 2 nitrogen and oxygen atoms in total. The highest BCUT2D eigenvalue weighted by Crippen LogP contribution is 2.21. The van der Waals surface area contributed by atoms with Gasteiger partial charge in [-0.1, -0.05) is 35.3 Å². The molecule has 0 N–H and O–H groups in total. The molecule has 3 rings (SSSR count). The van der Waals surface area contributed by atoms with E-state index in [-0.39, 0.29) is 12.3 Å². The summed E-state index contributed by atoms with van der Waals surface area (Å²) in [5.41, 5.74) is 1.61. The SMILES string of the molecule is O=C(Cn1ccc2cc(Cl)ccc21)c1cccc(Cl)c1. The molecule has 0 atom stereocenters. The first-order valence-electron chi connectivity index (χ1n) is 6.17. The number of aromatic nitrogens is 1. The summed E-state index contributed by atoms with van der Waals surface area (Å²) in [5.74, 6) is 0.0277. The quantitative estimate of drug-likeness (QED) is 0.635. The Morgan fingerprint density at radius 1 is 1.00 bits per heavy atom. The van der Waals surface area contributed by atoms with Gasteiger partial charge in [-0.05, 0) is 36.4 Å². The maximum atomic E-state index is 12.3. The van der Waals surface area contributed by atoms with Gasteiger partial charge in [-0.15, -0.1) is 0 Å². The number of hydrogen-bond acceptors (Lipinski definition) is 1. The molecule has 0 aliphatic rings. The Balaban J connectivity index is 1.91. The summed E-state index contributed by atoms with van der Waals surface area (Å²) in [7, 11) is 0. The van der Waals surface area contributed by atoms with Gasteiger partial charge in [-0.3, -0.25) is 4.79 Å². The van der Waals surface area contributed by atoms with Crippen molar-refractivity contribution in [3.05, 3.63) is 70.3 Å². The van der Waals surface area contributed by atoms with Gasteiger partial charge >= 0.3 is 0 Å². The number of benzene rings is 2. The second-order valence-corrected chi connectivity index (χ2v) is 5.45. The van der Waals surface area contributed by atoms with E-state index in [9.17, 15) is 4.79 Å². The van der Waals surface area contributed by atoms with Gasteiger partial charge in [0.2, 0.25) is 0 Å². The third-order valence-corrected chi connectivity index (χ3v) is 3.66. The summed E-state index contributed by atoms with van der Waals surface area (Å²) >= 11 is 11.9. The van der Waals surface area contributed by atoms with Crippen molar-refractivity contribution in [2.24, 2.45) is 0 Å². The molecule has 3 aromatic rings. The van der Waals surface area contributed by atoms with E-state index in [1.165, 1.54) is 0 Å². The Labute approximate surface area is 126 Å². The fourth-order valence-corrected chi connectivity index (χ4v) is 2.59. The van der Waals surface area contributed by atoms with Gasteiger partial charge in [0.15, 0.2) is 5.78 Å². The fourth-order valence-electron chi connectivity index (χ4n) is 2.22. The largest absolute Gasteiger partial charge is 0.340 e. The number of carbonyl (C=O) groups is 1. The molecule has 1 heterocycles. The third-order valence-electron chi connectivity index (χ3n) is 3.19. The summed E-state index contributed by atoms with van der Waals surface area (Å²) in [5, 5.41) is 2.29. The standard InChI is InChI=1S/C16H11Cl2NO/c17-13-3-1-2-12(9-13)16(20)10-19-7-6-11-8-14(18)4-5-15(11)19/h1-9H,10H2. The van der Waals surface area contributed by atoms with Crippen LogP contribution in [-0.4, -0.2) is 10.4 Å². The van der Waals surface area contributed by atoms with Gasteiger partial charge in [-0.2, -0.15) is 0 Å². The van der Waals surface area contributed by atoms with Crippen LogP contribution in [0, 0.1) is 0 Å². The minimum absolute atomic E-state index is 0.0277. The lowest BCUT2D eigenvalue weighted by atomic mass is 10.1. The topological polar surface area (TPSA) is 22.0 Å². The smallest absolute Gasteiger partial charge is 0.182 e. The maximum Gasteiger partial charge on any atom is 0.182 e. The number of halogens is 2. The van der Waals surface area contributed by atoms with Crippen molar-refractivity contribution < 1.29 is 4.79 Å². The summed E-state index contributed by atoms with van der Waals surface area (Å²) in [4.78, 5) is 12.3. The van der Waals surface area contributed by atoms with Crippen molar-refractivity contribution in [2.45, 2.75) is 6.54 Å². The number of Topliss-reactive ketones (excluding diaryl/α,β-unsaturated/α-hetero) is 1. The zero-order valence-electron chi connectivity index (χ0n) is 10.5. The van der Waals surface area contributed by atoms with E-state index in [1.54, 1.807) is 24.3 Å².